The molecule has 2 atom stereocenters. The van der Waals surface area contributed by atoms with Crippen molar-refractivity contribution in [2.24, 2.45) is 0 Å². The molecule has 178 valence electrons. The number of alkyl halides is 3. The maximum atomic E-state index is 14.1. The molecule has 0 spiro atoms. The van der Waals surface area contributed by atoms with E-state index >= 15 is 0 Å². The molecule has 7 nitrogen and oxygen atoms in total. The predicted molar refractivity (Wildman–Crippen MR) is 109 cm³/mol. The molecule has 0 radical (unpaired) electrons. The summed E-state index contributed by atoms with van der Waals surface area (Å²) in [4.78, 5) is 23.8. The summed E-state index contributed by atoms with van der Waals surface area (Å²) in [5.74, 6) is -1.85. The minimum atomic E-state index is -4.48. The number of carbonyl (C=O) groups is 2. The van der Waals surface area contributed by atoms with Crippen LogP contribution in [0.1, 0.15) is 16.5 Å². The lowest BCUT2D eigenvalue weighted by Gasteiger charge is -2.16. The van der Waals surface area contributed by atoms with Gasteiger partial charge in [0, 0.05) is 23.2 Å². The van der Waals surface area contributed by atoms with Gasteiger partial charge in [0.05, 0.1) is 12.1 Å². The molecule has 0 bridgehead atoms. The highest BCUT2D eigenvalue weighted by molar-refractivity contribution is 7.13. The topological polar surface area (TPSA) is 92.4 Å². The fourth-order valence-electron chi connectivity index (χ4n) is 2.22. The standard InChI is InChI=1S/C13H10ClF5N2OS.C5H10N2O2/c1-20-11(6-2-3-7(15)9(14)10(6)16)8-4-21-12(23-8)22-5-13(17,18)19;1-6-5(3-8)2-7-4-9/h2-4,11,20H,5H2,1H3;3-6H,2H2,1H3,(H,7,9). The summed E-state index contributed by atoms with van der Waals surface area (Å²) in [6.07, 6.45) is -1.91. The summed E-state index contributed by atoms with van der Waals surface area (Å²) >= 11 is 6.36. The maximum Gasteiger partial charge on any atom is 0.422 e. The van der Waals surface area contributed by atoms with E-state index < -0.39 is 35.5 Å². The Morgan fingerprint density at radius 3 is 2.44 bits per heavy atom. The molecule has 1 heterocycles. The maximum absolute atomic E-state index is 14.1. The van der Waals surface area contributed by atoms with Gasteiger partial charge in [-0.15, -0.1) is 0 Å². The number of hydrogen-bond donors (Lipinski definition) is 3. The van der Waals surface area contributed by atoms with Gasteiger partial charge in [-0.05, 0) is 20.2 Å². The molecule has 1 amide bonds. The highest BCUT2D eigenvalue weighted by Gasteiger charge is 2.29. The summed E-state index contributed by atoms with van der Waals surface area (Å²) in [5.41, 5.74) is 0.0462. The first-order valence-corrected chi connectivity index (χ1v) is 10.0. The Bertz CT molecular complexity index is 885. The molecule has 2 aromatic rings. The second kappa shape index (κ2) is 13.3. The number of aldehydes is 1. The van der Waals surface area contributed by atoms with E-state index in [0.717, 1.165) is 23.7 Å². The van der Waals surface area contributed by atoms with Crippen molar-refractivity contribution in [2.45, 2.75) is 18.3 Å². The number of likely N-dealkylation sites (N-methyl/N-ethyl adjacent to an activating group) is 1. The van der Waals surface area contributed by atoms with E-state index in [4.69, 9.17) is 11.6 Å². The molecule has 32 heavy (non-hydrogen) atoms. The average Bonchev–Trinajstić information content (AvgIpc) is 3.22. The monoisotopic (exact) mass is 502 g/mol. The first-order valence-electron chi connectivity index (χ1n) is 8.83. The SMILES string of the molecule is CNC(C=O)CNC=O.CNC(c1cnc(OCC(F)(F)F)s1)c1ccc(F)c(Cl)c1F. The number of hydrogen-bond acceptors (Lipinski definition) is 7. The quantitative estimate of drug-likeness (QED) is 0.263. The minimum absolute atomic E-state index is 0.0462. The summed E-state index contributed by atoms with van der Waals surface area (Å²) in [7, 11) is 3.17. The number of carbonyl (C=O) groups excluding carboxylic acids is 2. The summed E-state index contributed by atoms with van der Waals surface area (Å²) in [5, 5.41) is 7.00. The Kier molecular flexibility index (Phi) is 11.5. The van der Waals surface area contributed by atoms with E-state index in [1.807, 2.05) is 0 Å². The van der Waals surface area contributed by atoms with Crippen LogP contribution >= 0.6 is 22.9 Å². The van der Waals surface area contributed by atoms with Crippen LogP contribution in [-0.4, -0.2) is 57.1 Å². The third kappa shape index (κ3) is 8.65. The van der Waals surface area contributed by atoms with E-state index in [1.54, 1.807) is 7.05 Å². The van der Waals surface area contributed by atoms with Gasteiger partial charge in [0.15, 0.2) is 6.61 Å². The lowest BCUT2D eigenvalue weighted by atomic mass is 10.1. The largest absolute Gasteiger partial charge is 0.460 e. The number of nitrogens with one attached hydrogen (secondary N) is 3. The summed E-state index contributed by atoms with van der Waals surface area (Å²) < 4.78 is 68.2. The summed E-state index contributed by atoms with van der Waals surface area (Å²) in [6.45, 7) is -1.12. The first-order chi connectivity index (χ1) is 15.1. The molecule has 1 aromatic carbocycles. The molecule has 0 fully saturated rings. The van der Waals surface area contributed by atoms with Crippen LogP contribution in [-0.2, 0) is 9.59 Å². The van der Waals surface area contributed by atoms with Crippen LogP contribution in [0.15, 0.2) is 18.3 Å². The molecule has 0 saturated heterocycles. The molecule has 0 aliphatic carbocycles. The minimum Gasteiger partial charge on any atom is -0.460 e. The van der Waals surface area contributed by atoms with E-state index in [1.165, 1.54) is 19.3 Å². The molecular formula is C18H20ClF5N4O3S. The number of halogens is 6. The molecule has 0 aliphatic heterocycles. The van der Waals surface area contributed by atoms with Crippen LogP contribution in [0, 0.1) is 11.6 Å². The highest BCUT2D eigenvalue weighted by atomic mass is 35.5. The second-order valence-corrected chi connectivity index (χ2v) is 7.38. The molecule has 1 aromatic heterocycles. The lowest BCUT2D eigenvalue weighted by Crippen LogP contribution is -2.37. The third-order valence-electron chi connectivity index (χ3n) is 3.77. The van der Waals surface area contributed by atoms with Crippen LogP contribution in [0.25, 0.3) is 0 Å². The Hall–Kier alpha value is -2.35. The van der Waals surface area contributed by atoms with Crippen molar-refractivity contribution in [3.8, 4) is 5.19 Å². The van der Waals surface area contributed by atoms with Crippen LogP contribution < -0.4 is 20.7 Å². The molecule has 14 heteroatoms. The highest BCUT2D eigenvalue weighted by Crippen LogP contribution is 2.34. The number of benzene rings is 1. The average molecular weight is 503 g/mol. The third-order valence-corrected chi connectivity index (χ3v) is 5.09. The van der Waals surface area contributed by atoms with Gasteiger partial charge in [0.1, 0.15) is 22.9 Å². The number of aromatic nitrogens is 1. The van der Waals surface area contributed by atoms with Crippen LogP contribution in [0.2, 0.25) is 5.02 Å². The zero-order valence-corrected chi connectivity index (χ0v) is 18.4. The van der Waals surface area contributed by atoms with E-state index in [0.29, 0.717) is 17.8 Å². The molecule has 2 unspecified atom stereocenters. The van der Waals surface area contributed by atoms with Crippen molar-refractivity contribution in [3.05, 3.63) is 45.4 Å². The smallest absolute Gasteiger partial charge is 0.422 e. The number of rotatable bonds is 10. The fraction of sp³-hybridized carbons (Fsp3) is 0.389. The van der Waals surface area contributed by atoms with E-state index in [9.17, 15) is 31.5 Å². The molecule has 0 aliphatic rings. The van der Waals surface area contributed by atoms with Gasteiger partial charge >= 0.3 is 6.18 Å². The zero-order chi connectivity index (χ0) is 24.3. The van der Waals surface area contributed by atoms with Crippen molar-refractivity contribution < 1.29 is 36.3 Å². The zero-order valence-electron chi connectivity index (χ0n) is 16.8. The number of amides is 1. The molecule has 0 saturated carbocycles. The summed E-state index contributed by atoms with van der Waals surface area (Å²) in [6, 6.07) is 1.19. The van der Waals surface area contributed by atoms with Crippen LogP contribution in [0.3, 0.4) is 0 Å². The van der Waals surface area contributed by atoms with Crippen LogP contribution in [0.4, 0.5) is 22.0 Å². The second-order valence-electron chi connectivity index (χ2n) is 5.98. The first kappa shape index (κ1) is 27.7. The van der Waals surface area contributed by atoms with Gasteiger partial charge in [0.25, 0.3) is 5.19 Å². The Morgan fingerprint density at radius 2 is 1.91 bits per heavy atom. The van der Waals surface area contributed by atoms with Crippen LogP contribution in [0.5, 0.6) is 5.19 Å². The van der Waals surface area contributed by atoms with Gasteiger partial charge < -0.3 is 25.5 Å². The Labute approximate surface area is 189 Å². The predicted octanol–water partition coefficient (Wildman–Crippen LogP) is 2.84. The fourth-order valence-corrected chi connectivity index (χ4v) is 3.29. The van der Waals surface area contributed by atoms with Gasteiger partial charge in [-0.1, -0.05) is 29.0 Å². The number of nitrogens with zero attached hydrogens (tertiary/aromatic N) is 1. The number of ether oxygens (including phenoxy) is 1. The normalized spacial score (nSPS) is 12.9. The van der Waals surface area contributed by atoms with Gasteiger partial charge in [0.2, 0.25) is 6.41 Å². The van der Waals surface area contributed by atoms with Crippen molar-refractivity contribution in [1.82, 2.24) is 20.9 Å². The van der Waals surface area contributed by atoms with Gasteiger partial charge in [-0.2, -0.15) is 13.2 Å². The van der Waals surface area contributed by atoms with Crippen molar-refractivity contribution in [3.63, 3.8) is 0 Å². The van der Waals surface area contributed by atoms with E-state index in [2.05, 4.69) is 25.7 Å². The molecular weight excluding hydrogens is 483 g/mol. The van der Waals surface area contributed by atoms with Crippen molar-refractivity contribution >= 4 is 35.6 Å². The lowest BCUT2D eigenvalue weighted by molar-refractivity contribution is -0.153. The van der Waals surface area contributed by atoms with E-state index in [-0.39, 0.29) is 16.8 Å². The molecule has 2 rings (SSSR count). The van der Waals surface area contributed by atoms with Gasteiger partial charge in [-0.25, -0.2) is 13.8 Å². The number of thiazole rings is 1. The van der Waals surface area contributed by atoms with Gasteiger partial charge in [-0.3, -0.25) is 4.79 Å². The Balaban J connectivity index is 0.000000482. The molecule has 3 N–H and O–H groups in total. The Morgan fingerprint density at radius 1 is 1.22 bits per heavy atom. The van der Waals surface area contributed by atoms with Crippen molar-refractivity contribution in [2.75, 3.05) is 27.2 Å². The van der Waals surface area contributed by atoms with Crippen molar-refractivity contribution in [1.29, 1.82) is 0 Å².